The highest BCUT2D eigenvalue weighted by molar-refractivity contribution is 9.10. The Balaban J connectivity index is 0.00000117. The topological polar surface area (TPSA) is 61.4 Å². The SMILES string of the molecule is CC.O=C(Nc1ccccc1)NC1CCCN(c2ccc(Br)cc2)C1=O. The number of halogens is 1. The maximum absolute atomic E-state index is 12.7. The Kier molecular flexibility index (Phi) is 7.66. The average Bonchev–Trinajstić information content (AvgIpc) is 2.67. The van der Waals surface area contributed by atoms with E-state index in [0.717, 1.165) is 16.6 Å². The molecule has 1 atom stereocenters. The number of carbonyl (C=O) groups excluding carboxylic acids is 2. The van der Waals surface area contributed by atoms with Crippen molar-refractivity contribution in [2.45, 2.75) is 32.7 Å². The number of hydrogen-bond donors (Lipinski definition) is 2. The van der Waals surface area contributed by atoms with Gasteiger partial charge < -0.3 is 15.5 Å². The highest BCUT2D eigenvalue weighted by atomic mass is 79.9. The number of nitrogens with zero attached hydrogens (tertiary/aromatic N) is 1. The molecule has 26 heavy (non-hydrogen) atoms. The lowest BCUT2D eigenvalue weighted by Crippen LogP contribution is -2.53. The number of para-hydroxylation sites is 1. The van der Waals surface area contributed by atoms with Gasteiger partial charge in [-0.15, -0.1) is 0 Å². The molecule has 3 amide bonds. The zero-order valence-electron chi connectivity index (χ0n) is 15.0. The fraction of sp³-hybridized carbons (Fsp3) is 0.300. The van der Waals surface area contributed by atoms with E-state index in [2.05, 4.69) is 26.6 Å². The first-order valence-corrected chi connectivity index (χ1v) is 9.62. The van der Waals surface area contributed by atoms with E-state index in [1.165, 1.54) is 0 Å². The molecule has 6 heteroatoms. The predicted octanol–water partition coefficient (Wildman–Crippen LogP) is 4.79. The second-order valence-electron chi connectivity index (χ2n) is 5.63. The highest BCUT2D eigenvalue weighted by Gasteiger charge is 2.30. The van der Waals surface area contributed by atoms with Gasteiger partial charge in [0.15, 0.2) is 0 Å². The van der Waals surface area contributed by atoms with Crippen LogP contribution in [0.4, 0.5) is 16.2 Å². The first kappa shape index (κ1) is 20.0. The van der Waals surface area contributed by atoms with Gasteiger partial charge in [0.2, 0.25) is 5.91 Å². The van der Waals surface area contributed by atoms with Gasteiger partial charge in [-0.3, -0.25) is 4.79 Å². The lowest BCUT2D eigenvalue weighted by molar-refractivity contribution is -0.121. The van der Waals surface area contributed by atoms with Crippen LogP contribution in [0.15, 0.2) is 59.1 Å². The molecule has 2 N–H and O–H groups in total. The lowest BCUT2D eigenvalue weighted by atomic mass is 10.0. The maximum atomic E-state index is 12.7. The van der Waals surface area contributed by atoms with Crippen LogP contribution >= 0.6 is 15.9 Å². The predicted molar refractivity (Wildman–Crippen MR) is 109 cm³/mol. The normalized spacial score (nSPS) is 16.3. The van der Waals surface area contributed by atoms with E-state index in [1.807, 2.05) is 56.3 Å². The number of hydrogen-bond acceptors (Lipinski definition) is 2. The van der Waals surface area contributed by atoms with Gasteiger partial charge in [-0.25, -0.2) is 4.79 Å². The van der Waals surface area contributed by atoms with Gasteiger partial charge in [0.05, 0.1) is 0 Å². The number of urea groups is 1. The van der Waals surface area contributed by atoms with Crippen LogP contribution in [0, 0.1) is 0 Å². The van der Waals surface area contributed by atoms with Crippen molar-refractivity contribution in [1.82, 2.24) is 5.32 Å². The molecule has 3 rings (SSSR count). The molecule has 0 bridgehead atoms. The monoisotopic (exact) mass is 417 g/mol. The van der Waals surface area contributed by atoms with Gasteiger partial charge >= 0.3 is 6.03 Å². The molecule has 1 aliphatic heterocycles. The summed E-state index contributed by atoms with van der Waals surface area (Å²) in [5.41, 5.74) is 1.54. The third-order valence-electron chi connectivity index (χ3n) is 3.91. The highest BCUT2D eigenvalue weighted by Crippen LogP contribution is 2.23. The number of anilines is 2. The Labute approximate surface area is 162 Å². The molecule has 1 aliphatic rings. The minimum atomic E-state index is -0.508. The zero-order valence-corrected chi connectivity index (χ0v) is 16.6. The molecule has 1 unspecified atom stereocenters. The van der Waals surface area contributed by atoms with E-state index in [9.17, 15) is 9.59 Å². The molecular weight excluding hydrogens is 394 g/mol. The molecule has 0 radical (unpaired) electrons. The summed E-state index contributed by atoms with van der Waals surface area (Å²) in [6, 6.07) is 15.9. The van der Waals surface area contributed by atoms with Gasteiger partial charge in [0.1, 0.15) is 6.04 Å². The molecule has 0 aromatic heterocycles. The van der Waals surface area contributed by atoms with E-state index in [0.29, 0.717) is 18.7 Å². The first-order chi connectivity index (χ1) is 12.6. The van der Waals surface area contributed by atoms with E-state index in [1.54, 1.807) is 17.0 Å². The standard InChI is InChI=1S/C18H18BrN3O2.C2H6/c19-13-8-10-15(11-9-13)22-12-4-7-16(17(22)23)21-18(24)20-14-5-2-1-3-6-14;1-2/h1-3,5-6,8-11,16H,4,7,12H2,(H2,20,21,24);1-2H3. The summed E-state index contributed by atoms with van der Waals surface area (Å²) in [5, 5.41) is 5.52. The Morgan fingerprint density at radius 2 is 1.73 bits per heavy atom. The number of benzene rings is 2. The van der Waals surface area contributed by atoms with Crippen LogP contribution in [0.2, 0.25) is 0 Å². The van der Waals surface area contributed by atoms with Crippen LogP contribution < -0.4 is 15.5 Å². The summed E-state index contributed by atoms with van der Waals surface area (Å²) in [4.78, 5) is 26.5. The zero-order chi connectivity index (χ0) is 18.9. The van der Waals surface area contributed by atoms with E-state index in [-0.39, 0.29) is 11.9 Å². The van der Waals surface area contributed by atoms with Gasteiger partial charge in [-0.05, 0) is 49.2 Å². The number of nitrogens with one attached hydrogen (secondary N) is 2. The van der Waals surface area contributed by atoms with Crippen molar-refractivity contribution in [2.75, 3.05) is 16.8 Å². The Morgan fingerprint density at radius 3 is 2.38 bits per heavy atom. The number of piperidine rings is 1. The van der Waals surface area contributed by atoms with Crippen molar-refractivity contribution in [1.29, 1.82) is 0 Å². The number of carbonyl (C=O) groups is 2. The van der Waals surface area contributed by atoms with Gasteiger partial charge in [-0.1, -0.05) is 48.0 Å². The maximum Gasteiger partial charge on any atom is 0.319 e. The second kappa shape index (κ2) is 9.97. The van der Waals surface area contributed by atoms with Crippen LogP contribution in [-0.4, -0.2) is 24.5 Å². The molecule has 138 valence electrons. The van der Waals surface area contributed by atoms with Gasteiger partial charge in [-0.2, -0.15) is 0 Å². The first-order valence-electron chi connectivity index (χ1n) is 8.83. The van der Waals surface area contributed by atoms with Crippen LogP contribution in [0.5, 0.6) is 0 Å². The molecule has 0 saturated carbocycles. The Morgan fingerprint density at radius 1 is 1.08 bits per heavy atom. The Bertz CT molecular complexity index is 720. The summed E-state index contributed by atoms with van der Waals surface area (Å²) >= 11 is 3.39. The van der Waals surface area contributed by atoms with Crippen molar-refractivity contribution in [3.05, 3.63) is 59.1 Å². The van der Waals surface area contributed by atoms with E-state index >= 15 is 0 Å². The average molecular weight is 418 g/mol. The van der Waals surface area contributed by atoms with Crippen molar-refractivity contribution in [2.24, 2.45) is 0 Å². The summed E-state index contributed by atoms with van der Waals surface area (Å²) in [6.45, 7) is 4.67. The molecule has 0 spiro atoms. The quantitative estimate of drug-likeness (QED) is 0.753. The van der Waals surface area contributed by atoms with E-state index in [4.69, 9.17) is 0 Å². The molecule has 5 nitrogen and oxygen atoms in total. The fourth-order valence-electron chi connectivity index (χ4n) is 2.73. The second-order valence-corrected chi connectivity index (χ2v) is 6.54. The third kappa shape index (κ3) is 5.33. The van der Waals surface area contributed by atoms with Crippen LogP contribution in [-0.2, 0) is 4.79 Å². The molecule has 1 heterocycles. The fourth-order valence-corrected chi connectivity index (χ4v) is 3.00. The van der Waals surface area contributed by atoms with Crippen molar-refractivity contribution in [3.8, 4) is 0 Å². The molecule has 2 aromatic rings. The smallest absolute Gasteiger partial charge is 0.319 e. The van der Waals surface area contributed by atoms with Crippen LogP contribution in [0.3, 0.4) is 0 Å². The lowest BCUT2D eigenvalue weighted by Gasteiger charge is -2.32. The van der Waals surface area contributed by atoms with Crippen molar-refractivity contribution in [3.63, 3.8) is 0 Å². The molecule has 2 aromatic carbocycles. The third-order valence-corrected chi connectivity index (χ3v) is 4.44. The molecule has 0 aliphatic carbocycles. The summed E-state index contributed by atoms with van der Waals surface area (Å²) in [6.07, 6.45) is 1.49. The minimum absolute atomic E-state index is 0.0771. The van der Waals surface area contributed by atoms with Crippen LogP contribution in [0.25, 0.3) is 0 Å². The summed E-state index contributed by atoms with van der Waals surface area (Å²) in [5.74, 6) is -0.0771. The molecule has 1 saturated heterocycles. The minimum Gasteiger partial charge on any atom is -0.326 e. The molecular formula is C20H24BrN3O2. The van der Waals surface area contributed by atoms with Gasteiger partial charge in [0.25, 0.3) is 0 Å². The number of rotatable bonds is 3. The van der Waals surface area contributed by atoms with E-state index < -0.39 is 6.04 Å². The Hall–Kier alpha value is -2.34. The number of amides is 3. The largest absolute Gasteiger partial charge is 0.326 e. The van der Waals surface area contributed by atoms with Gasteiger partial charge in [0, 0.05) is 22.4 Å². The summed E-state index contributed by atoms with van der Waals surface area (Å²) < 4.78 is 0.965. The summed E-state index contributed by atoms with van der Waals surface area (Å²) in [7, 11) is 0. The van der Waals surface area contributed by atoms with Crippen LogP contribution in [0.1, 0.15) is 26.7 Å². The van der Waals surface area contributed by atoms with Crippen molar-refractivity contribution >= 4 is 39.2 Å². The van der Waals surface area contributed by atoms with Crippen molar-refractivity contribution < 1.29 is 9.59 Å². The molecule has 1 fully saturated rings.